The summed E-state index contributed by atoms with van der Waals surface area (Å²) >= 11 is 3.54. The molecule has 0 fully saturated rings. The van der Waals surface area contributed by atoms with E-state index in [4.69, 9.17) is 4.74 Å². The summed E-state index contributed by atoms with van der Waals surface area (Å²) in [7, 11) is 5.68. The standard InChI is InChI=1S/C14H18BrN3O/c1-10-13(9-15)14(18(3)16-10)17(2)11-6-5-7-12(8-11)19-4/h5-8H,9H2,1-4H3. The van der Waals surface area contributed by atoms with E-state index in [2.05, 4.69) is 32.0 Å². The summed E-state index contributed by atoms with van der Waals surface area (Å²) in [4.78, 5) is 2.12. The molecule has 0 aliphatic carbocycles. The van der Waals surface area contributed by atoms with Crippen molar-refractivity contribution in [1.82, 2.24) is 9.78 Å². The smallest absolute Gasteiger partial charge is 0.135 e. The quantitative estimate of drug-likeness (QED) is 0.808. The van der Waals surface area contributed by atoms with E-state index in [1.54, 1.807) is 7.11 Å². The molecule has 4 nitrogen and oxygen atoms in total. The van der Waals surface area contributed by atoms with Gasteiger partial charge in [-0.15, -0.1) is 0 Å². The topological polar surface area (TPSA) is 30.3 Å². The second-order valence-electron chi connectivity index (χ2n) is 4.41. The first kappa shape index (κ1) is 13.9. The molecule has 0 atom stereocenters. The molecular weight excluding hydrogens is 306 g/mol. The van der Waals surface area contributed by atoms with Crippen LogP contribution in [0.25, 0.3) is 0 Å². The van der Waals surface area contributed by atoms with E-state index in [0.29, 0.717) is 0 Å². The molecule has 2 rings (SSSR count). The van der Waals surface area contributed by atoms with Gasteiger partial charge in [0, 0.05) is 36.7 Å². The Morgan fingerprint density at radius 3 is 2.79 bits per heavy atom. The summed E-state index contributed by atoms with van der Waals surface area (Å²) in [6.45, 7) is 2.03. The van der Waals surface area contributed by atoms with Gasteiger partial charge in [0.1, 0.15) is 11.6 Å². The summed E-state index contributed by atoms with van der Waals surface area (Å²) in [6.07, 6.45) is 0. The predicted octanol–water partition coefficient (Wildman–Crippen LogP) is 3.40. The van der Waals surface area contributed by atoms with E-state index in [1.807, 2.05) is 43.9 Å². The van der Waals surface area contributed by atoms with Crippen LogP contribution in [-0.4, -0.2) is 23.9 Å². The van der Waals surface area contributed by atoms with Crippen molar-refractivity contribution in [3.05, 3.63) is 35.5 Å². The number of methoxy groups -OCH3 is 1. The molecule has 0 amide bonds. The highest BCUT2D eigenvalue weighted by Gasteiger charge is 2.17. The summed E-state index contributed by atoms with van der Waals surface area (Å²) in [5.41, 5.74) is 3.32. The maximum absolute atomic E-state index is 5.27. The number of rotatable bonds is 4. The summed E-state index contributed by atoms with van der Waals surface area (Å²) in [5.74, 6) is 1.94. The maximum Gasteiger partial charge on any atom is 0.135 e. The van der Waals surface area contributed by atoms with E-state index >= 15 is 0 Å². The SMILES string of the molecule is COc1cccc(N(C)c2c(CBr)c(C)nn2C)c1. The molecule has 0 N–H and O–H groups in total. The molecule has 1 aromatic heterocycles. The number of nitrogens with zero attached hydrogens (tertiary/aromatic N) is 3. The largest absolute Gasteiger partial charge is 0.497 e. The fraction of sp³-hybridized carbons (Fsp3) is 0.357. The van der Waals surface area contributed by atoms with Crippen LogP contribution in [0.5, 0.6) is 5.75 Å². The van der Waals surface area contributed by atoms with Crippen LogP contribution < -0.4 is 9.64 Å². The fourth-order valence-corrected chi connectivity index (χ4v) is 2.86. The van der Waals surface area contributed by atoms with Gasteiger partial charge in [0.05, 0.1) is 12.8 Å². The van der Waals surface area contributed by atoms with Crippen molar-refractivity contribution in [2.24, 2.45) is 7.05 Å². The Hall–Kier alpha value is -1.49. The first-order valence-electron chi connectivity index (χ1n) is 6.04. The van der Waals surface area contributed by atoms with Crippen LogP contribution in [0.4, 0.5) is 11.5 Å². The molecule has 0 unspecified atom stereocenters. The van der Waals surface area contributed by atoms with Gasteiger partial charge in [0.2, 0.25) is 0 Å². The monoisotopic (exact) mass is 323 g/mol. The maximum atomic E-state index is 5.27. The third kappa shape index (κ3) is 2.61. The first-order valence-corrected chi connectivity index (χ1v) is 7.16. The van der Waals surface area contributed by atoms with Gasteiger partial charge in [-0.3, -0.25) is 4.68 Å². The third-order valence-electron chi connectivity index (χ3n) is 3.21. The van der Waals surface area contributed by atoms with E-state index in [0.717, 1.165) is 28.3 Å². The van der Waals surface area contributed by atoms with Crippen molar-refractivity contribution in [1.29, 1.82) is 0 Å². The minimum absolute atomic E-state index is 0.788. The molecule has 0 saturated heterocycles. The predicted molar refractivity (Wildman–Crippen MR) is 81.6 cm³/mol. The van der Waals surface area contributed by atoms with Crippen LogP contribution in [0.2, 0.25) is 0 Å². The van der Waals surface area contributed by atoms with Gasteiger partial charge in [-0.2, -0.15) is 5.10 Å². The molecule has 2 aromatic rings. The zero-order valence-corrected chi connectivity index (χ0v) is 13.2. The van der Waals surface area contributed by atoms with Crippen LogP contribution in [0.15, 0.2) is 24.3 Å². The van der Waals surface area contributed by atoms with Crippen molar-refractivity contribution in [2.45, 2.75) is 12.3 Å². The van der Waals surface area contributed by atoms with Crippen molar-refractivity contribution in [3.8, 4) is 5.75 Å². The van der Waals surface area contributed by atoms with Crippen molar-refractivity contribution >= 4 is 27.4 Å². The highest BCUT2D eigenvalue weighted by Crippen LogP contribution is 2.31. The summed E-state index contributed by atoms with van der Waals surface area (Å²) in [6, 6.07) is 8.00. The number of aromatic nitrogens is 2. The highest BCUT2D eigenvalue weighted by atomic mass is 79.9. The molecule has 5 heteroatoms. The Labute approximate surface area is 122 Å². The molecule has 0 aliphatic heterocycles. The highest BCUT2D eigenvalue weighted by molar-refractivity contribution is 9.08. The van der Waals surface area contributed by atoms with Crippen molar-refractivity contribution in [3.63, 3.8) is 0 Å². The molecule has 0 radical (unpaired) electrons. The summed E-state index contributed by atoms with van der Waals surface area (Å²) < 4.78 is 7.18. The van der Waals surface area contributed by atoms with Crippen LogP contribution in [-0.2, 0) is 12.4 Å². The first-order chi connectivity index (χ1) is 9.08. The lowest BCUT2D eigenvalue weighted by atomic mass is 10.2. The van der Waals surface area contributed by atoms with Gasteiger partial charge < -0.3 is 9.64 Å². The lowest BCUT2D eigenvalue weighted by Gasteiger charge is -2.21. The molecule has 19 heavy (non-hydrogen) atoms. The number of benzene rings is 1. The lowest BCUT2D eigenvalue weighted by molar-refractivity contribution is 0.415. The van der Waals surface area contributed by atoms with Crippen LogP contribution >= 0.6 is 15.9 Å². The number of alkyl halides is 1. The van der Waals surface area contributed by atoms with Gasteiger partial charge in [-0.05, 0) is 19.1 Å². The van der Waals surface area contributed by atoms with Crippen LogP contribution in [0.1, 0.15) is 11.3 Å². The lowest BCUT2D eigenvalue weighted by Crippen LogP contribution is -2.15. The zero-order chi connectivity index (χ0) is 14.0. The van der Waals surface area contributed by atoms with E-state index < -0.39 is 0 Å². The average molecular weight is 324 g/mol. The molecule has 0 saturated carbocycles. The Morgan fingerprint density at radius 2 is 2.16 bits per heavy atom. The molecule has 0 bridgehead atoms. The number of halogens is 1. The average Bonchev–Trinajstić information content (AvgIpc) is 2.71. The van der Waals surface area contributed by atoms with Crippen molar-refractivity contribution < 1.29 is 4.74 Å². The molecule has 0 aliphatic rings. The van der Waals surface area contributed by atoms with Gasteiger partial charge in [0.25, 0.3) is 0 Å². The van der Waals surface area contributed by atoms with E-state index in [-0.39, 0.29) is 0 Å². The van der Waals surface area contributed by atoms with Gasteiger partial charge in [0.15, 0.2) is 0 Å². The minimum Gasteiger partial charge on any atom is -0.497 e. The van der Waals surface area contributed by atoms with Gasteiger partial charge in [-0.25, -0.2) is 0 Å². The molecule has 0 spiro atoms. The Bertz CT molecular complexity index is 580. The second kappa shape index (κ2) is 5.65. The number of aryl methyl sites for hydroxylation is 2. The molecule has 1 aromatic carbocycles. The summed E-state index contributed by atoms with van der Waals surface area (Å²) in [5, 5.41) is 5.27. The zero-order valence-electron chi connectivity index (χ0n) is 11.6. The van der Waals surface area contributed by atoms with E-state index in [9.17, 15) is 0 Å². The van der Waals surface area contributed by atoms with Crippen molar-refractivity contribution in [2.75, 3.05) is 19.1 Å². The minimum atomic E-state index is 0.788. The Kier molecular flexibility index (Phi) is 4.14. The van der Waals surface area contributed by atoms with Gasteiger partial charge in [-0.1, -0.05) is 22.0 Å². The molecule has 102 valence electrons. The third-order valence-corrected chi connectivity index (χ3v) is 3.77. The second-order valence-corrected chi connectivity index (χ2v) is 4.97. The number of hydrogen-bond acceptors (Lipinski definition) is 3. The number of ether oxygens (including phenoxy) is 1. The van der Waals surface area contributed by atoms with Crippen LogP contribution in [0.3, 0.4) is 0 Å². The molecular formula is C14H18BrN3O. The Balaban J connectivity index is 2.46. The number of hydrogen-bond donors (Lipinski definition) is 0. The normalized spacial score (nSPS) is 10.6. The van der Waals surface area contributed by atoms with E-state index in [1.165, 1.54) is 5.56 Å². The number of anilines is 2. The van der Waals surface area contributed by atoms with Crippen LogP contribution in [0, 0.1) is 6.92 Å². The molecule has 1 heterocycles. The fourth-order valence-electron chi connectivity index (χ4n) is 2.21. The van der Waals surface area contributed by atoms with Gasteiger partial charge >= 0.3 is 0 Å². The Morgan fingerprint density at radius 1 is 1.42 bits per heavy atom.